The lowest BCUT2D eigenvalue weighted by molar-refractivity contribution is 0.337. The van der Waals surface area contributed by atoms with Crippen LogP contribution in [0.5, 0.6) is 0 Å². The van der Waals surface area contributed by atoms with Gasteiger partial charge in [0, 0.05) is 19.1 Å². The van der Waals surface area contributed by atoms with Crippen LogP contribution in [0.15, 0.2) is 0 Å². The van der Waals surface area contributed by atoms with E-state index in [0.717, 1.165) is 19.5 Å². The average Bonchev–Trinajstić information content (AvgIpc) is 2.56. The van der Waals surface area contributed by atoms with Crippen LogP contribution in [0.1, 0.15) is 13.3 Å². The number of rotatable bonds is 1. The lowest BCUT2D eigenvalue weighted by Crippen LogP contribution is -2.38. The normalized spacial score (nSPS) is 39.8. The maximum absolute atomic E-state index is 11.7. The summed E-state index contributed by atoms with van der Waals surface area (Å²) < 4.78 is 25.0. The molecule has 0 saturated carbocycles. The summed E-state index contributed by atoms with van der Waals surface area (Å²) in [5, 5.41) is 3.20. The topological polar surface area (TPSA) is 49.4 Å². The Labute approximate surface area is 79.4 Å². The molecule has 2 unspecified atom stereocenters. The van der Waals surface area contributed by atoms with Gasteiger partial charge in [0.15, 0.2) is 0 Å². The molecule has 1 N–H and O–H groups in total. The Kier molecular flexibility index (Phi) is 2.33. The minimum absolute atomic E-state index is 0.218. The van der Waals surface area contributed by atoms with Gasteiger partial charge in [-0.1, -0.05) is 6.92 Å². The van der Waals surface area contributed by atoms with Crippen LogP contribution in [0.4, 0.5) is 0 Å². The van der Waals surface area contributed by atoms with Crippen LogP contribution < -0.4 is 5.32 Å². The molecule has 0 aromatic rings. The van der Waals surface area contributed by atoms with Crippen molar-refractivity contribution in [1.29, 1.82) is 0 Å². The highest BCUT2D eigenvalue weighted by Gasteiger charge is 2.39. The third kappa shape index (κ3) is 1.73. The molecule has 76 valence electrons. The van der Waals surface area contributed by atoms with Crippen LogP contribution in [0.3, 0.4) is 0 Å². The number of sulfonamides is 1. The number of hydrogen-bond acceptors (Lipinski definition) is 3. The second-order valence-corrected chi connectivity index (χ2v) is 6.07. The highest BCUT2D eigenvalue weighted by Crippen LogP contribution is 2.23. The monoisotopic (exact) mass is 204 g/mol. The minimum Gasteiger partial charge on any atom is -0.315 e. The quantitative estimate of drug-likeness (QED) is 0.634. The summed E-state index contributed by atoms with van der Waals surface area (Å²) >= 11 is 0. The SMILES string of the molecule is CC1CN(C2CCNC2)S(=O)(=O)C1. The van der Waals surface area contributed by atoms with E-state index < -0.39 is 10.0 Å². The standard InChI is InChI=1S/C8H16N2O2S/c1-7-5-10(13(11,12)6-7)8-2-3-9-4-8/h7-9H,2-6H2,1H3. The molecule has 2 aliphatic rings. The van der Waals surface area contributed by atoms with Crippen LogP contribution in [0.25, 0.3) is 0 Å². The van der Waals surface area contributed by atoms with Crippen molar-refractivity contribution in [3.05, 3.63) is 0 Å². The Balaban J connectivity index is 2.14. The van der Waals surface area contributed by atoms with Crippen LogP contribution in [0.2, 0.25) is 0 Å². The third-order valence-corrected chi connectivity index (χ3v) is 4.94. The predicted octanol–water partition coefficient (Wildman–Crippen LogP) is -0.370. The summed E-state index contributed by atoms with van der Waals surface area (Å²) in [5.74, 6) is 0.634. The van der Waals surface area contributed by atoms with E-state index in [1.165, 1.54) is 0 Å². The van der Waals surface area contributed by atoms with Crippen LogP contribution >= 0.6 is 0 Å². The maximum atomic E-state index is 11.7. The van der Waals surface area contributed by atoms with Gasteiger partial charge in [-0.25, -0.2) is 8.42 Å². The maximum Gasteiger partial charge on any atom is 0.214 e. The fraction of sp³-hybridized carbons (Fsp3) is 1.00. The first-order valence-corrected chi connectivity index (χ1v) is 6.41. The largest absolute Gasteiger partial charge is 0.315 e. The number of hydrogen-bond donors (Lipinski definition) is 1. The van der Waals surface area contributed by atoms with Crippen molar-refractivity contribution < 1.29 is 8.42 Å². The molecule has 0 aromatic carbocycles. The summed E-state index contributed by atoms with van der Waals surface area (Å²) in [6.07, 6.45) is 0.964. The highest BCUT2D eigenvalue weighted by molar-refractivity contribution is 7.89. The molecule has 0 radical (unpaired) electrons. The van der Waals surface area contributed by atoms with Gasteiger partial charge in [-0.05, 0) is 18.9 Å². The molecule has 0 aromatic heterocycles. The van der Waals surface area contributed by atoms with Gasteiger partial charge in [0.1, 0.15) is 0 Å². The van der Waals surface area contributed by atoms with Gasteiger partial charge in [-0.3, -0.25) is 0 Å². The van der Waals surface area contributed by atoms with Gasteiger partial charge in [0.25, 0.3) is 0 Å². The zero-order chi connectivity index (χ0) is 9.47. The fourth-order valence-corrected chi connectivity index (χ4v) is 4.32. The van der Waals surface area contributed by atoms with E-state index in [9.17, 15) is 8.42 Å². The fourth-order valence-electron chi connectivity index (χ4n) is 2.19. The third-order valence-electron chi connectivity index (χ3n) is 2.79. The van der Waals surface area contributed by atoms with Gasteiger partial charge >= 0.3 is 0 Å². The molecule has 13 heavy (non-hydrogen) atoms. The van der Waals surface area contributed by atoms with E-state index in [0.29, 0.717) is 18.2 Å². The van der Waals surface area contributed by atoms with Gasteiger partial charge in [-0.15, -0.1) is 0 Å². The van der Waals surface area contributed by atoms with E-state index in [1.54, 1.807) is 4.31 Å². The van der Waals surface area contributed by atoms with Crippen molar-refractivity contribution in [3.8, 4) is 0 Å². The zero-order valence-corrected chi connectivity index (χ0v) is 8.68. The van der Waals surface area contributed by atoms with Crippen molar-refractivity contribution in [3.63, 3.8) is 0 Å². The lowest BCUT2D eigenvalue weighted by atomic mass is 10.2. The summed E-state index contributed by atoms with van der Waals surface area (Å²) in [4.78, 5) is 0. The Morgan fingerprint density at radius 1 is 1.46 bits per heavy atom. The first-order valence-electron chi connectivity index (χ1n) is 4.80. The molecule has 0 aliphatic carbocycles. The molecule has 5 heteroatoms. The van der Waals surface area contributed by atoms with Gasteiger partial charge < -0.3 is 5.32 Å². The molecule has 0 spiro atoms. The zero-order valence-electron chi connectivity index (χ0n) is 7.86. The van der Waals surface area contributed by atoms with Crippen LogP contribution in [-0.4, -0.2) is 44.2 Å². The van der Waals surface area contributed by atoms with Crippen molar-refractivity contribution in [1.82, 2.24) is 9.62 Å². The lowest BCUT2D eigenvalue weighted by Gasteiger charge is -2.21. The van der Waals surface area contributed by atoms with E-state index >= 15 is 0 Å². The first-order chi connectivity index (χ1) is 6.09. The molecule has 4 nitrogen and oxygen atoms in total. The Hall–Kier alpha value is -0.130. The molecule has 0 amide bonds. The smallest absolute Gasteiger partial charge is 0.214 e. The summed E-state index contributed by atoms with van der Waals surface area (Å²) in [6, 6.07) is 0.218. The Morgan fingerprint density at radius 2 is 2.23 bits per heavy atom. The van der Waals surface area contributed by atoms with Gasteiger partial charge in [-0.2, -0.15) is 4.31 Å². The molecule has 2 saturated heterocycles. The summed E-state index contributed by atoms with van der Waals surface area (Å²) in [6.45, 7) is 4.49. The highest BCUT2D eigenvalue weighted by atomic mass is 32.2. The molecule has 2 rings (SSSR count). The van der Waals surface area contributed by atoms with Crippen molar-refractivity contribution >= 4 is 10.0 Å². The minimum atomic E-state index is -2.93. The van der Waals surface area contributed by atoms with Gasteiger partial charge in [0.05, 0.1) is 5.75 Å². The van der Waals surface area contributed by atoms with E-state index in [2.05, 4.69) is 5.32 Å². The molecule has 2 atom stereocenters. The Morgan fingerprint density at radius 3 is 2.69 bits per heavy atom. The molecule has 2 fully saturated rings. The van der Waals surface area contributed by atoms with E-state index in [4.69, 9.17) is 0 Å². The molecule has 2 aliphatic heterocycles. The van der Waals surface area contributed by atoms with Gasteiger partial charge in [0.2, 0.25) is 10.0 Å². The number of nitrogens with one attached hydrogen (secondary N) is 1. The summed E-state index contributed by atoms with van der Waals surface area (Å²) in [5.41, 5.74) is 0. The van der Waals surface area contributed by atoms with E-state index in [-0.39, 0.29) is 6.04 Å². The van der Waals surface area contributed by atoms with E-state index in [1.807, 2.05) is 6.92 Å². The first kappa shape index (κ1) is 9.43. The number of nitrogens with zero attached hydrogens (tertiary/aromatic N) is 1. The molecular weight excluding hydrogens is 188 g/mol. The van der Waals surface area contributed by atoms with Crippen molar-refractivity contribution in [2.45, 2.75) is 19.4 Å². The van der Waals surface area contributed by atoms with Crippen molar-refractivity contribution in [2.24, 2.45) is 5.92 Å². The summed E-state index contributed by atoms with van der Waals surface area (Å²) in [7, 11) is -2.93. The van der Waals surface area contributed by atoms with Crippen molar-refractivity contribution in [2.75, 3.05) is 25.4 Å². The Bertz CT molecular complexity index is 283. The molecular formula is C8H16N2O2S. The second kappa shape index (κ2) is 3.22. The van der Waals surface area contributed by atoms with Crippen LogP contribution in [0, 0.1) is 5.92 Å². The molecule has 0 bridgehead atoms. The molecule has 2 heterocycles. The second-order valence-electron chi connectivity index (χ2n) is 4.10. The predicted molar refractivity (Wildman–Crippen MR) is 50.9 cm³/mol. The van der Waals surface area contributed by atoms with Crippen LogP contribution in [-0.2, 0) is 10.0 Å². The average molecular weight is 204 g/mol.